The molecule has 0 bridgehead atoms. The summed E-state index contributed by atoms with van der Waals surface area (Å²) in [7, 11) is 0. The third kappa shape index (κ3) is 2.41. The summed E-state index contributed by atoms with van der Waals surface area (Å²) in [6, 6.07) is 0.579. The standard InChI is InChI=1S/C9H9F3N2O2/c1-2-16-9(15)4-3-5(10)14-8(13)6(4)7(11)12/h3,7H,2H2,1H3,(H2,13,14). The van der Waals surface area contributed by atoms with Gasteiger partial charge in [-0.15, -0.1) is 0 Å². The Hall–Kier alpha value is -1.79. The van der Waals surface area contributed by atoms with Crippen molar-refractivity contribution in [1.29, 1.82) is 0 Å². The third-order valence-corrected chi connectivity index (χ3v) is 1.77. The lowest BCUT2D eigenvalue weighted by molar-refractivity contribution is 0.0514. The maximum absolute atomic E-state index is 12.8. The molecule has 1 rings (SSSR count). The lowest BCUT2D eigenvalue weighted by Gasteiger charge is -2.09. The van der Waals surface area contributed by atoms with Gasteiger partial charge in [-0.1, -0.05) is 0 Å². The highest BCUT2D eigenvalue weighted by molar-refractivity contribution is 5.92. The van der Waals surface area contributed by atoms with Crippen LogP contribution < -0.4 is 5.73 Å². The van der Waals surface area contributed by atoms with Crippen molar-refractivity contribution in [1.82, 2.24) is 4.98 Å². The molecule has 16 heavy (non-hydrogen) atoms. The monoisotopic (exact) mass is 234 g/mol. The normalized spacial score (nSPS) is 10.6. The number of carbonyl (C=O) groups excluding carboxylic acids is 1. The Morgan fingerprint density at radius 1 is 1.62 bits per heavy atom. The van der Waals surface area contributed by atoms with Crippen molar-refractivity contribution in [3.05, 3.63) is 23.1 Å². The second-order valence-corrected chi connectivity index (χ2v) is 2.81. The number of nitrogens with zero attached hydrogens (tertiary/aromatic N) is 1. The molecule has 0 aliphatic rings. The molecule has 2 N–H and O–H groups in total. The van der Waals surface area contributed by atoms with Gasteiger partial charge in [0, 0.05) is 6.07 Å². The van der Waals surface area contributed by atoms with Gasteiger partial charge in [-0.2, -0.15) is 4.39 Å². The highest BCUT2D eigenvalue weighted by atomic mass is 19.3. The van der Waals surface area contributed by atoms with Crippen LogP contribution in [0.4, 0.5) is 19.0 Å². The van der Waals surface area contributed by atoms with Crippen molar-refractivity contribution in [3.63, 3.8) is 0 Å². The van der Waals surface area contributed by atoms with E-state index in [0.717, 1.165) is 0 Å². The lowest BCUT2D eigenvalue weighted by Crippen LogP contribution is -2.13. The number of esters is 1. The fourth-order valence-corrected chi connectivity index (χ4v) is 1.15. The van der Waals surface area contributed by atoms with Crippen LogP contribution in [0.15, 0.2) is 6.07 Å². The molecule has 0 aliphatic heterocycles. The van der Waals surface area contributed by atoms with Gasteiger partial charge in [0.25, 0.3) is 6.43 Å². The van der Waals surface area contributed by atoms with Gasteiger partial charge in [0.1, 0.15) is 5.82 Å². The number of hydrogen-bond acceptors (Lipinski definition) is 4. The molecule has 0 aliphatic carbocycles. The maximum atomic E-state index is 12.8. The minimum atomic E-state index is -3.02. The summed E-state index contributed by atoms with van der Waals surface area (Å²) >= 11 is 0. The van der Waals surface area contributed by atoms with Gasteiger partial charge in [-0.05, 0) is 6.92 Å². The van der Waals surface area contributed by atoms with Crippen molar-refractivity contribution in [3.8, 4) is 0 Å². The van der Waals surface area contributed by atoms with Gasteiger partial charge in [-0.25, -0.2) is 18.6 Å². The molecular formula is C9H9F3N2O2. The van der Waals surface area contributed by atoms with Crippen LogP contribution in [0.5, 0.6) is 0 Å². The first kappa shape index (κ1) is 12.3. The van der Waals surface area contributed by atoms with Crippen LogP contribution in [0, 0.1) is 5.95 Å². The maximum Gasteiger partial charge on any atom is 0.338 e. The Morgan fingerprint density at radius 2 is 2.25 bits per heavy atom. The summed E-state index contributed by atoms with van der Waals surface area (Å²) in [4.78, 5) is 14.3. The largest absolute Gasteiger partial charge is 0.462 e. The number of aromatic nitrogens is 1. The third-order valence-electron chi connectivity index (χ3n) is 1.77. The number of rotatable bonds is 3. The second-order valence-electron chi connectivity index (χ2n) is 2.81. The van der Waals surface area contributed by atoms with Crippen LogP contribution in [0.3, 0.4) is 0 Å². The molecule has 0 fully saturated rings. The Labute approximate surface area is 89.2 Å². The first-order valence-corrected chi connectivity index (χ1v) is 4.38. The fraction of sp³-hybridized carbons (Fsp3) is 0.333. The molecule has 0 saturated carbocycles. The number of anilines is 1. The number of carbonyl (C=O) groups is 1. The van der Waals surface area contributed by atoms with E-state index in [-0.39, 0.29) is 6.61 Å². The quantitative estimate of drug-likeness (QED) is 0.641. The molecule has 1 heterocycles. The van der Waals surface area contributed by atoms with Crippen molar-refractivity contribution in [2.24, 2.45) is 0 Å². The van der Waals surface area contributed by atoms with E-state index in [1.54, 1.807) is 0 Å². The molecule has 0 unspecified atom stereocenters. The number of pyridine rings is 1. The average molecular weight is 234 g/mol. The average Bonchev–Trinajstić information content (AvgIpc) is 2.15. The van der Waals surface area contributed by atoms with Gasteiger partial charge in [0.2, 0.25) is 5.95 Å². The van der Waals surface area contributed by atoms with Crippen LogP contribution >= 0.6 is 0 Å². The summed E-state index contributed by atoms with van der Waals surface area (Å²) in [5.41, 5.74) is 3.72. The SMILES string of the molecule is CCOC(=O)c1cc(F)nc(N)c1C(F)F. The highest BCUT2D eigenvalue weighted by Gasteiger charge is 2.24. The zero-order chi connectivity index (χ0) is 12.3. The molecule has 7 heteroatoms. The van der Waals surface area contributed by atoms with E-state index < -0.39 is 35.3 Å². The molecule has 0 saturated heterocycles. The van der Waals surface area contributed by atoms with E-state index >= 15 is 0 Å². The van der Waals surface area contributed by atoms with Crippen LogP contribution in [-0.4, -0.2) is 17.6 Å². The summed E-state index contributed by atoms with van der Waals surface area (Å²) in [5.74, 6) is -2.87. The van der Waals surface area contributed by atoms with Gasteiger partial charge in [0.15, 0.2) is 0 Å². The molecule has 0 spiro atoms. The summed E-state index contributed by atoms with van der Waals surface area (Å²) in [6.07, 6.45) is -3.02. The zero-order valence-corrected chi connectivity index (χ0v) is 8.34. The van der Waals surface area contributed by atoms with Gasteiger partial charge < -0.3 is 10.5 Å². The molecular weight excluding hydrogens is 225 g/mol. The highest BCUT2D eigenvalue weighted by Crippen LogP contribution is 2.28. The zero-order valence-electron chi connectivity index (χ0n) is 8.34. The smallest absolute Gasteiger partial charge is 0.338 e. The van der Waals surface area contributed by atoms with Crippen molar-refractivity contribution in [2.75, 3.05) is 12.3 Å². The lowest BCUT2D eigenvalue weighted by atomic mass is 10.1. The van der Waals surface area contributed by atoms with E-state index in [1.165, 1.54) is 6.92 Å². The van der Waals surface area contributed by atoms with Crippen molar-refractivity contribution in [2.45, 2.75) is 13.3 Å². The Kier molecular flexibility index (Phi) is 3.70. The number of nitrogen functional groups attached to an aromatic ring is 1. The van der Waals surface area contributed by atoms with Crippen LogP contribution in [0.2, 0.25) is 0 Å². The Morgan fingerprint density at radius 3 is 2.75 bits per heavy atom. The van der Waals surface area contributed by atoms with Crippen LogP contribution in [-0.2, 0) is 4.74 Å². The molecule has 0 radical (unpaired) electrons. The molecule has 0 amide bonds. The van der Waals surface area contributed by atoms with Gasteiger partial charge >= 0.3 is 5.97 Å². The topological polar surface area (TPSA) is 65.2 Å². The summed E-state index contributed by atoms with van der Waals surface area (Å²) in [6.45, 7) is 1.49. The van der Waals surface area contributed by atoms with Crippen LogP contribution in [0.25, 0.3) is 0 Å². The predicted molar refractivity (Wildman–Crippen MR) is 49.5 cm³/mol. The number of alkyl halides is 2. The molecule has 1 aromatic heterocycles. The van der Waals surface area contributed by atoms with E-state index in [9.17, 15) is 18.0 Å². The second kappa shape index (κ2) is 4.82. The number of nitrogens with two attached hydrogens (primary N) is 1. The number of halogens is 3. The molecule has 4 nitrogen and oxygen atoms in total. The van der Waals surface area contributed by atoms with E-state index in [2.05, 4.69) is 9.72 Å². The van der Waals surface area contributed by atoms with Crippen molar-refractivity contribution < 1.29 is 22.7 Å². The summed E-state index contributed by atoms with van der Waals surface area (Å²) in [5, 5.41) is 0. The molecule has 0 atom stereocenters. The van der Waals surface area contributed by atoms with E-state index in [0.29, 0.717) is 6.07 Å². The van der Waals surface area contributed by atoms with E-state index in [1.807, 2.05) is 0 Å². The molecule has 88 valence electrons. The first-order valence-electron chi connectivity index (χ1n) is 4.38. The summed E-state index contributed by atoms with van der Waals surface area (Å²) < 4.78 is 42.5. The Balaban J connectivity index is 3.29. The van der Waals surface area contributed by atoms with Crippen molar-refractivity contribution >= 4 is 11.8 Å². The van der Waals surface area contributed by atoms with Gasteiger partial charge in [-0.3, -0.25) is 0 Å². The van der Waals surface area contributed by atoms with E-state index in [4.69, 9.17) is 5.73 Å². The predicted octanol–water partition coefficient (Wildman–Crippen LogP) is 1.92. The number of ether oxygens (including phenoxy) is 1. The van der Waals surface area contributed by atoms with Gasteiger partial charge in [0.05, 0.1) is 17.7 Å². The Bertz CT molecular complexity index is 410. The fourth-order valence-electron chi connectivity index (χ4n) is 1.15. The molecule has 1 aromatic rings. The minimum absolute atomic E-state index is 0.00857. The first-order chi connectivity index (χ1) is 7.47. The minimum Gasteiger partial charge on any atom is -0.462 e. The van der Waals surface area contributed by atoms with Crippen LogP contribution in [0.1, 0.15) is 29.3 Å². The molecule has 0 aromatic carbocycles. The number of hydrogen-bond donors (Lipinski definition) is 1.